The summed E-state index contributed by atoms with van der Waals surface area (Å²) >= 11 is 3.61. The second-order valence-electron chi connectivity index (χ2n) is 5.88. The van der Waals surface area contributed by atoms with Gasteiger partial charge in [-0.15, -0.1) is 0 Å². The van der Waals surface area contributed by atoms with E-state index < -0.39 is 5.54 Å². The molecule has 0 bridgehead atoms. The summed E-state index contributed by atoms with van der Waals surface area (Å²) in [5.41, 5.74) is 1.78. The quantitative estimate of drug-likeness (QED) is 0.604. The van der Waals surface area contributed by atoms with Crippen molar-refractivity contribution in [3.63, 3.8) is 0 Å². The van der Waals surface area contributed by atoms with Crippen LogP contribution in [-0.4, -0.2) is 12.2 Å². The lowest BCUT2D eigenvalue weighted by Gasteiger charge is -2.27. The van der Waals surface area contributed by atoms with Crippen LogP contribution in [-0.2, 0) is 10.3 Å². The summed E-state index contributed by atoms with van der Waals surface area (Å²) < 4.78 is 7.05. The van der Waals surface area contributed by atoms with Crippen molar-refractivity contribution in [2.24, 2.45) is 4.99 Å². The summed E-state index contributed by atoms with van der Waals surface area (Å²) in [6, 6.07) is 4.18. The molecule has 106 valence electrons. The van der Waals surface area contributed by atoms with Crippen LogP contribution in [0, 0.1) is 6.92 Å². The molecule has 3 nitrogen and oxygen atoms in total. The number of nitrogens with zero attached hydrogens (tertiary/aromatic N) is 1. The second-order valence-corrected chi connectivity index (χ2v) is 6.74. The van der Waals surface area contributed by atoms with Crippen LogP contribution in [0.25, 0.3) is 0 Å². The van der Waals surface area contributed by atoms with Gasteiger partial charge in [0.15, 0.2) is 0 Å². The summed E-state index contributed by atoms with van der Waals surface area (Å²) in [7, 11) is 0. The molecule has 2 fully saturated rings. The van der Waals surface area contributed by atoms with Crippen molar-refractivity contribution in [1.82, 2.24) is 0 Å². The third kappa shape index (κ3) is 2.55. The van der Waals surface area contributed by atoms with E-state index in [2.05, 4.69) is 40.0 Å². The number of aryl methyl sites for hydroxylation is 1. The molecule has 0 radical (unpaired) electrons. The van der Waals surface area contributed by atoms with E-state index in [1.165, 1.54) is 0 Å². The van der Waals surface area contributed by atoms with E-state index in [4.69, 9.17) is 4.74 Å². The lowest BCUT2D eigenvalue weighted by molar-refractivity contribution is 0.288. The smallest absolute Gasteiger partial charge is 0.235 e. The molecule has 2 saturated carbocycles. The van der Waals surface area contributed by atoms with Crippen LogP contribution in [0.5, 0.6) is 5.75 Å². The average Bonchev–Trinajstić information content (AvgIpc) is 3.10. The first kappa shape index (κ1) is 13.8. The molecule has 0 heterocycles. The zero-order valence-corrected chi connectivity index (χ0v) is 13.2. The zero-order valence-electron chi connectivity index (χ0n) is 11.6. The fraction of sp³-hybridized carbons (Fsp3) is 0.562. The highest BCUT2D eigenvalue weighted by Crippen LogP contribution is 2.49. The van der Waals surface area contributed by atoms with Gasteiger partial charge in [-0.25, -0.2) is 4.79 Å². The van der Waals surface area contributed by atoms with Gasteiger partial charge >= 0.3 is 0 Å². The molecule has 0 aliphatic heterocycles. The molecule has 1 aromatic rings. The first-order valence-electron chi connectivity index (χ1n) is 7.21. The van der Waals surface area contributed by atoms with E-state index in [1.54, 1.807) is 6.08 Å². The molecular weight excluding hydrogens is 318 g/mol. The van der Waals surface area contributed by atoms with E-state index in [-0.39, 0.29) is 0 Å². The van der Waals surface area contributed by atoms with Crippen molar-refractivity contribution in [3.8, 4) is 5.75 Å². The van der Waals surface area contributed by atoms with Gasteiger partial charge in [-0.1, -0.05) is 12.8 Å². The molecule has 2 aliphatic rings. The van der Waals surface area contributed by atoms with Gasteiger partial charge in [0.2, 0.25) is 6.08 Å². The summed E-state index contributed by atoms with van der Waals surface area (Å²) in [6.45, 7) is 2.06. The van der Waals surface area contributed by atoms with Crippen LogP contribution >= 0.6 is 15.9 Å². The fourth-order valence-electron chi connectivity index (χ4n) is 3.04. The SMILES string of the molecule is Cc1cc(Br)c(OC2CC2)c(C2(N=C=O)CCCC2)c1. The van der Waals surface area contributed by atoms with Gasteiger partial charge in [0.25, 0.3) is 0 Å². The predicted molar refractivity (Wildman–Crippen MR) is 80.8 cm³/mol. The molecule has 0 N–H and O–H groups in total. The lowest BCUT2D eigenvalue weighted by Crippen LogP contribution is -2.21. The molecule has 0 atom stereocenters. The van der Waals surface area contributed by atoms with Gasteiger partial charge in [0, 0.05) is 5.56 Å². The largest absolute Gasteiger partial charge is 0.489 e. The average molecular weight is 336 g/mol. The van der Waals surface area contributed by atoms with E-state index in [0.29, 0.717) is 6.10 Å². The third-order valence-electron chi connectivity index (χ3n) is 4.19. The summed E-state index contributed by atoms with van der Waals surface area (Å²) in [6.07, 6.45) is 8.34. The van der Waals surface area contributed by atoms with Crippen molar-refractivity contribution in [3.05, 3.63) is 27.7 Å². The van der Waals surface area contributed by atoms with Crippen molar-refractivity contribution in [2.75, 3.05) is 0 Å². The maximum absolute atomic E-state index is 10.9. The molecule has 0 aromatic heterocycles. The van der Waals surface area contributed by atoms with Crippen LogP contribution in [0.3, 0.4) is 0 Å². The van der Waals surface area contributed by atoms with Gasteiger partial charge in [-0.3, -0.25) is 0 Å². The maximum Gasteiger partial charge on any atom is 0.235 e. The molecular formula is C16H18BrNO2. The fourth-order valence-corrected chi connectivity index (χ4v) is 3.70. The number of isocyanates is 1. The monoisotopic (exact) mass is 335 g/mol. The molecule has 0 saturated heterocycles. The Bertz CT molecular complexity index is 568. The Labute approximate surface area is 127 Å². The highest BCUT2D eigenvalue weighted by Gasteiger charge is 2.40. The Kier molecular flexibility index (Phi) is 3.70. The maximum atomic E-state index is 10.9. The number of benzene rings is 1. The van der Waals surface area contributed by atoms with Crippen LogP contribution in [0.4, 0.5) is 0 Å². The van der Waals surface area contributed by atoms with Gasteiger partial charge in [-0.2, -0.15) is 4.99 Å². The Morgan fingerprint density at radius 3 is 2.65 bits per heavy atom. The predicted octanol–water partition coefficient (Wildman–Crippen LogP) is 4.40. The van der Waals surface area contributed by atoms with Gasteiger partial charge in [0.1, 0.15) is 11.3 Å². The number of ether oxygens (including phenoxy) is 1. The summed E-state index contributed by atoms with van der Waals surface area (Å²) in [4.78, 5) is 15.1. The highest BCUT2D eigenvalue weighted by molar-refractivity contribution is 9.10. The number of carbonyl (C=O) groups excluding carboxylic acids is 1. The van der Waals surface area contributed by atoms with Crippen molar-refractivity contribution >= 4 is 22.0 Å². The van der Waals surface area contributed by atoms with Crippen LogP contribution in [0.2, 0.25) is 0 Å². The van der Waals surface area contributed by atoms with Gasteiger partial charge < -0.3 is 4.74 Å². The normalized spacial score (nSPS) is 20.5. The molecule has 0 spiro atoms. The lowest BCUT2D eigenvalue weighted by atomic mass is 9.87. The van der Waals surface area contributed by atoms with Crippen LogP contribution in [0.15, 0.2) is 21.6 Å². The van der Waals surface area contributed by atoms with Crippen LogP contribution < -0.4 is 4.74 Å². The first-order chi connectivity index (χ1) is 9.64. The number of hydrogen-bond acceptors (Lipinski definition) is 3. The standard InChI is InChI=1S/C16H18BrNO2/c1-11-8-13(16(18-10-19)6-2-3-7-16)15(14(17)9-11)20-12-4-5-12/h8-9,12H,2-7H2,1H3. The number of rotatable bonds is 4. The molecule has 0 unspecified atom stereocenters. The Morgan fingerprint density at radius 1 is 1.35 bits per heavy atom. The van der Waals surface area contributed by atoms with E-state index in [1.807, 2.05) is 0 Å². The summed E-state index contributed by atoms with van der Waals surface area (Å²) in [5.74, 6) is 0.874. The molecule has 3 rings (SSSR count). The molecule has 4 heteroatoms. The number of hydrogen-bond donors (Lipinski definition) is 0. The minimum atomic E-state index is -0.430. The van der Waals surface area contributed by atoms with E-state index in [0.717, 1.165) is 59.9 Å². The molecule has 1 aromatic carbocycles. The Morgan fingerprint density at radius 2 is 2.05 bits per heavy atom. The molecule has 20 heavy (non-hydrogen) atoms. The second kappa shape index (κ2) is 5.34. The van der Waals surface area contributed by atoms with E-state index in [9.17, 15) is 4.79 Å². The first-order valence-corrected chi connectivity index (χ1v) is 8.00. The highest BCUT2D eigenvalue weighted by atomic mass is 79.9. The topological polar surface area (TPSA) is 38.7 Å². The Balaban J connectivity index is 2.11. The summed E-state index contributed by atoms with van der Waals surface area (Å²) in [5, 5.41) is 0. The minimum absolute atomic E-state index is 0.325. The van der Waals surface area contributed by atoms with Gasteiger partial charge in [-0.05, 0) is 66.2 Å². The minimum Gasteiger partial charge on any atom is -0.489 e. The molecule has 0 amide bonds. The van der Waals surface area contributed by atoms with Crippen molar-refractivity contribution in [2.45, 2.75) is 57.1 Å². The van der Waals surface area contributed by atoms with Gasteiger partial charge in [0.05, 0.1) is 10.6 Å². The van der Waals surface area contributed by atoms with E-state index >= 15 is 0 Å². The Hall–Kier alpha value is -1.12. The zero-order chi connectivity index (χ0) is 14.2. The molecule has 2 aliphatic carbocycles. The van der Waals surface area contributed by atoms with Crippen molar-refractivity contribution in [1.29, 1.82) is 0 Å². The van der Waals surface area contributed by atoms with Crippen LogP contribution in [0.1, 0.15) is 49.7 Å². The van der Waals surface area contributed by atoms with Crippen molar-refractivity contribution < 1.29 is 9.53 Å². The third-order valence-corrected chi connectivity index (χ3v) is 4.78. The number of halogens is 1. The number of aliphatic imine (C=N–C) groups is 1.